The molecule has 0 radical (unpaired) electrons. The van der Waals surface area contributed by atoms with Gasteiger partial charge >= 0.3 is 11.3 Å². The summed E-state index contributed by atoms with van der Waals surface area (Å²) in [5.41, 5.74) is -0.0108. The fourth-order valence-electron chi connectivity index (χ4n) is 4.31. The Morgan fingerprint density at radius 3 is 1.32 bits per heavy atom. The summed E-state index contributed by atoms with van der Waals surface area (Å²) in [4.78, 5) is 50.5. The first-order valence-corrected chi connectivity index (χ1v) is 11.7. The van der Waals surface area contributed by atoms with E-state index in [0.717, 1.165) is 0 Å². The van der Waals surface area contributed by atoms with Crippen molar-refractivity contribution in [2.75, 3.05) is 10.6 Å². The van der Waals surface area contributed by atoms with E-state index < -0.39 is 23.1 Å². The van der Waals surface area contributed by atoms with Gasteiger partial charge in [-0.2, -0.15) is 0 Å². The first kappa shape index (κ1) is 22.9. The van der Waals surface area contributed by atoms with Gasteiger partial charge in [0.05, 0.1) is 0 Å². The van der Waals surface area contributed by atoms with Crippen LogP contribution in [0.3, 0.4) is 0 Å². The Morgan fingerprint density at radius 2 is 0.921 bits per heavy atom. The Balaban J connectivity index is 1.39. The molecule has 0 saturated heterocycles. The molecular weight excluding hydrogens is 484 g/mol. The smallest absolute Gasteiger partial charge is 0.360 e. The second-order valence-corrected chi connectivity index (χ2v) is 8.60. The molecule has 0 saturated carbocycles. The maximum absolute atomic E-state index is 12.7. The zero-order valence-electron chi connectivity index (χ0n) is 19.7. The highest BCUT2D eigenvalue weighted by Gasteiger charge is 2.16. The third-order valence-corrected chi connectivity index (χ3v) is 6.16. The van der Waals surface area contributed by atoms with Crippen molar-refractivity contribution in [3.05, 3.63) is 129 Å². The Kier molecular flexibility index (Phi) is 5.54. The van der Waals surface area contributed by atoms with Crippen LogP contribution in [0.1, 0.15) is 20.7 Å². The van der Waals surface area contributed by atoms with Gasteiger partial charge in [-0.25, -0.2) is 9.59 Å². The van der Waals surface area contributed by atoms with Gasteiger partial charge in [-0.15, -0.1) is 0 Å². The van der Waals surface area contributed by atoms with Gasteiger partial charge < -0.3 is 19.5 Å². The molecular formula is C30H18N2O6. The highest BCUT2D eigenvalue weighted by molar-refractivity contribution is 6.14. The first-order chi connectivity index (χ1) is 18.5. The summed E-state index contributed by atoms with van der Waals surface area (Å²) in [5.74, 6) is -0.859. The molecule has 2 N–H and O–H groups in total. The lowest BCUT2D eigenvalue weighted by Gasteiger charge is -2.09. The number of carbonyl (C=O) groups is 2. The predicted molar refractivity (Wildman–Crippen MR) is 145 cm³/mol. The van der Waals surface area contributed by atoms with Crippen molar-refractivity contribution in [3.63, 3.8) is 0 Å². The summed E-state index contributed by atoms with van der Waals surface area (Å²) in [6, 6.07) is 27.1. The number of hydrogen-bond donors (Lipinski definition) is 2. The minimum atomic E-state index is -0.713. The second-order valence-electron chi connectivity index (χ2n) is 8.60. The van der Waals surface area contributed by atoms with E-state index in [4.69, 9.17) is 8.83 Å². The van der Waals surface area contributed by atoms with Gasteiger partial charge in [0.1, 0.15) is 22.5 Å². The summed E-state index contributed by atoms with van der Waals surface area (Å²) >= 11 is 0. The van der Waals surface area contributed by atoms with Crippen LogP contribution in [0.2, 0.25) is 0 Å². The molecule has 184 valence electrons. The Hall–Kier alpha value is -5.50. The minimum Gasteiger partial charge on any atom is -0.421 e. The van der Waals surface area contributed by atoms with E-state index in [1.807, 2.05) is 0 Å². The molecule has 2 aromatic heterocycles. The van der Waals surface area contributed by atoms with Gasteiger partial charge in [0.2, 0.25) is 0 Å². The molecule has 2 amide bonds. The van der Waals surface area contributed by atoms with Gasteiger partial charge in [-0.05, 0) is 48.5 Å². The molecule has 0 aliphatic carbocycles. The Morgan fingerprint density at radius 1 is 0.526 bits per heavy atom. The first-order valence-electron chi connectivity index (χ1n) is 11.7. The summed E-state index contributed by atoms with van der Waals surface area (Å²) in [6.45, 7) is 0. The molecule has 38 heavy (non-hydrogen) atoms. The predicted octanol–water partition coefficient (Wildman–Crippen LogP) is 5.56. The molecule has 6 rings (SSSR count). The van der Waals surface area contributed by atoms with Gasteiger partial charge in [-0.1, -0.05) is 48.5 Å². The molecule has 0 aliphatic heterocycles. The maximum atomic E-state index is 12.7. The van der Waals surface area contributed by atoms with Crippen molar-refractivity contribution in [1.29, 1.82) is 0 Å². The fraction of sp³-hybridized carbons (Fsp3) is 0. The number of anilines is 2. The van der Waals surface area contributed by atoms with Crippen LogP contribution in [0.25, 0.3) is 32.7 Å². The van der Waals surface area contributed by atoms with E-state index in [2.05, 4.69) is 10.6 Å². The topological polar surface area (TPSA) is 119 Å². The van der Waals surface area contributed by atoms with Crippen molar-refractivity contribution in [2.45, 2.75) is 0 Å². The summed E-state index contributed by atoms with van der Waals surface area (Å²) in [7, 11) is 0. The van der Waals surface area contributed by atoms with Gasteiger partial charge in [-0.3, -0.25) is 9.59 Å². The van der Waals surface area contributed by atoms with Gasteiger partial charge in [0.25, 0.3) is 11.8 Å². The molecule has 0 atom stereocenters. The number of amides is 2. The third-order valence-electron chi connectivity index (χ3n) is 6.16. The molecule has 2 heterocycles. The van der Waals surface area contributed by atoms with Crippen molar-refractivity contribution in [3.8, 4) is 0 Å². The monoisotopic (exact) mass is 502 g/mol. The summed E-state index contributed by atoms with van der Waals surface area (Å²) in [6.07, 6.45) is 0. The molecule has 0 unspecified atom stereocenters. The van der Waals surface area contributed by atoms with Crippen LogP contribution < -0.4 is 21.9 Å². The van der Waals surface area contributed by atoms with Crippen LogP contribution in [0, 0.1) is 0 Å². The van der Waals surface area contributed by atoms with Gasteiger partial charge in [0.15, 0.2) is 0 Å². The van der Waals surface area contributed by atoms with Crippen molar-refractivity contribution >= 4 is 55.9 Å². The van der Waals surface area contributed by atoms with E-state index in [-0.39, 0.29) is 22.5 Å². The molecule has 0 spiro atoms. The lowest BCUT2D eigenvalue weighted by molar-refractivity contribution is 0.101. The largest absolute Gasteiger partial charge is 0.421 e. The molecule has 0 aliphatic rings. The number of fused-ring (bicyclic) bond motifs is 5. The average Bonchev–Trinajstić information content (AvgIpc) is 2.94. The lowest BCUT2D eigenvalue weighted by Crippen LogP contribution is -2.18. The lowest BCUT2D eigenvalue weighted by atomic mass is 10.0. The molecule has 8 nitrogen and oxygen atoms in total. The third kappa shape index (κ3) is 4.10. The number of nitrogens with one attached hydrogen (secondary N) is 2. The molecule has 8 heteroatoms. The van der Waals surface area contributed by atoms with Crippen LogP contribution in [-0.4, -0.2) is 11.8 Å². The normalized spacial score (nSPS) is 11.1. The van der Waals surface area contributed by atoms with Crippen LogP contribution in [0.5, 0.6) is 0 Å². The van der Waals surface area contributed by atoms with Crippen LogP contribution in [-0.2, 0) is 0 Å². The summed E-state index contributed by atoms with van der Waals surface area (Å²) in [5, 5.41) is 7.46. The van der Waals surface area contributed by atoms with Crippen LogP contribution in [0.15, 0.2) is 115 Å². The summed E-state index contributed by atoms with van der Waals surface area (Å²) < 4.78 is 11.2. The number of benzene rings is 4. The van der Waals surface area contributed by atoms with E-state index in [1.54, 1.807) is 97.1 Å². The SMILES string of the molecule is O=C(Nc1cc2ccc3c(ccc4cc(NC(=O)c5ccccc5)c(=O)oc43)c2oc1=O)c1ccccc1. The Bertz CT molecular complexity index is 1850. The minimum absolute atomic E-state index is 0.0109. The van der Waals surface area contributed by atoms with Crippen LogP contribution >= 0.6 is 0 Å². The quantitative estimate of drug-likeness (QED) is 0.241. The zero-order chi connectivity index (χ0) is 26.2. The highest BCUT2D eigenvalue weighted by Crippen LogP contribution is 2.32. The molecule has 4 aromatic carbocycles. The zero-order valence-corrected chi connectivity index (χ0v) is 19.7. The maximum Gasteiger partial charge on any atom is 0.360 e. The molecule has 0 fully saturated rings. The van der Waals surface area contributed by atoms with Gasteiger partial charge in [0, 0.05) is 32.7 Å². The molecule has 0 bridgehead atoms. The highest BCUT2D eigenvalue weighted by atomic mass is 16.4. The molecule has 6 aromatic rings. The average molecular weight is 502 g/mol. The fourth-order valence-corrected chi connectivity index (χ4v) is 4.31. The number of carbonyl (C=O) groups excluding carboxylic acids is 2. The van der Waals surface area contributed by atoms with Crippen molar-refractivity contribution < 1.29 is 18.4 Å². The standard InChI is InChI=1S/C30H18N2O6/c33-27(17-7-3-1-4-8-17)31-23-15-19-11-13-22-21(25(19)37-29(23)35)14-12-20-16-24(30(36)38-26(20)22)32-28(34)18-9-5-2-6-10-18/h1-16H,(H,31,33)(H,32,34). The van der Waals surface area contributed by atoms with E-state index in [9.17, 15) is 19.2 Å². The van der Waals surface area contributed by atoms with E-state index in [1.165, 1.54) is 0 Å². The number of rotatable bonds is 4. The number of hydrogen-bond acceptors (Lipinski definition) is 6. The second kappa shape index (κ2) is 9.18. The Labute approximate surface area is 214 Å². The van der Waals surface area contributed by atoms with E-state index >= 15 is 0 Å². The van der Waals surface area contributed by atoms with Crippen LogP contribution in [0.4, 0.5) is 11.4 Å². The van der Waals surface area contributed by atoms with Crippen molar-refractivity contribution in [2.24, 2.45) is 0 Å². The van der Waals surface area contributed by atoms with E-state index in [0.29, 0.717) is 32.7 Å². The van der Waals surface area contributed by atoms with Crippen molar-refractivity contribution in [1.82, 2.24) is 0 Å².